The zero-order valence-corrected chi connectivity index (χ0v) is 24.7. The zero-order chi connectivity index (χ0) is 27.7. The Balaban J connectivity index is 1.41. The number of thiazole rings is 1. The van der Waals surface area contributed by atoms with Gasteiger partial charge in [-0.3, -0.25) is 14.6 Å². The fourth-order valence-electron chi connectivity index (χ4n) is 5.01. The molecule has 0 radical (unpaired) electrons. The maximum atomic E-state index is 13.8. The first-order valence-electron chi connectivity index (χ1n) is 13.1. The highest BCUT2D eigenvalue weighted by Crippen LogP contribution is 2.34. The number of nitrogens with zero attached hydrogens (tertiary/aromatic N) is 4. The second kappa shape index (κ2) is 11.8. The lowest BCUT2D eigenvalue weighted by Crippen LogP contribution is -2.48. The van der Waals surface area contributed by atoms with Gasteiger partial charge in [-0.1, -0.05) is 22.9 Å². The fourth-order valence-corrected chi connectivity index (χ4v) is 8.04. The number of anilines is 1. The van der Waals surface area contributed by atoms with Crippen molar-refractivity contribution in [2.45, 2.75) is 37.9 Å². The molecule has 3 aromatic rings. The number of hydrogen-bond donors (Lipinski definition) is 0. The predicted octanol–water partition coefficient (Wildman–Crippen LogP) is 4.04. The summed E-state index contributed by atoms with van der Waals surface area (Å²) in [6.45, 7) is 10.3. The molecule has 0 spiro atoms. The third-order valence-electron chi connectivity index (χ3n) is 6.98. The maximum absolute atomic E-state index is 13.8. The normalized spacial score (nSPS) is 21.3. The van der Waals surface area contributed by atoms with E-state index >= 15 is 0 Å². The first kappa shape index (κ1) is 28.4. The number of aryl methyl sites for hydroxylation is 1. The molecular formula is C27H33ClN4O5S2. The summed E-state index contributed by atoms with van der Waals surface area (Å²) in [6.07, 6.45) is -0.367. The Labute approximate surface area is 238 Å². The summed E-state index contributed by atoms with van der Waals surface area (Å²) in [5, 5.41) is 1.21. The van der Waals surface area contributed by atoms with Gasteiger partial charge in [0, 0.05) is 49.9 Å². The number of aromatic nitrogens is 1. The van der Waals surface area contributed by atoms with Crippen molar-refractivity contribution in [3.05, 3.63) is 52.5 Å². The van der Waals surface area contributed by atoms with E-state index in [1.807, 2.05) is 32.9 Å². The molecule has 2 aliphatic rings. The smallest absolute Gasteiger partial charge is 0.260 e. The molecule has 5 rings (SSSR count). The number of fused-ring (bicyclic) bond motifs is 1. The van der Waals surface area contributed by atoms with E-state index in [-0.39, 0.29) is 23.0 Å². The molecule has 0 bridgehead atoms. The fraction of sp³-hybridized carbons (Fsp3) is 0.481. The molecule has 12 heteroatoms. The molecule has 2 aromatic carbocycles. The molecule has 0 N–H and O–H groups in total. The summed E-state index contributed by atoms with van der Waals surface area (Å²) in [7, 11) is -3.71. The van der Waals surface area contributed by atoms with E-state index in [1.165, 1.54) is 27.8 Å². The van der Waals surface area contributed by atoms with Gasteiger partial charge in [-0.25, -0.2) is 13.4 Å². The lowest BCUT2D eigenvalue weighted by Gasteiger charge is -2.34. The van der Waals surface area contributed by atoms with E-state index in [9.17, 15) is 13.2 Å². The largest absolute Gasteiger partial charge is 0.379 e. The molecule has 3 heterocycles. The molecule has 2 aliphatic heterocycles. The summed E-state index contributed by atoms with van der Waals surface area (Å²) in [5.41, 5.74) is 2.16. The minimum Gasteiger partial charge on any atom is -0.379 e. The van der Waals surface area contributed by atoms with Crippen molar-refractivity contribution in [1.82, 2.24) is 14.2 Å². The SMILES string of the molecule is Cc1cc(Cl)cc2sc(N(CCN3CCOCC3)C(=O)c3ccc(S(=O)(=O)N4CC(C)OC(C)C4)cc3)nc12. The van der Waals surface area contributed by atoms with Crippen LogP contribution in [0.1, 0.15) is 29.8 Å². The molecule has 1 aromatic heterocycles. The van der Waals surface area contributed by atoms with Crippen molar-refractivity contribution < 1.29 is 22.7 Å². The molecule has 0 aliphatic carbocycles. The van der Waals surface area contributed by atoms with Crippen LogP contribution in [0, 0.1) is 6.92 Å². The summed E-state index contributed by atoms with van der Waals surface area (Å²) in [6, 6.07) is 9.91. The molecule has 2 saturated heterocycles. The van der Waals surface area contributed by atoms with Crippen LogP contribution in [0.2, 0.25) is 5.02 Å². The van der Waals surface area contributed by atoms with Gasteiger partial charge < -0.3 is 9.47 Å². The Morgan fingerprint density at radius 3 is 2.46 bits per heavy atom. The molecule has 2 fully saturated rings. The highest BCUT2D eigenvalue weighted by atomic mass is 35.5. The standard InChI is InChI=1S/C27H33ClN4O5S2/c1-18-14-22(28)15-24-25(18)29-27(38-24)32(9-8-30-10-12-36-13-11-30)26(33)21-4-6-23(7-5-21)39(34,35)31-16-19(2)37-20(3)17-31/h4-7,14-15,19-20H,8-13,16-17H2,1-3H3. The van der Waals surface area contributed by atoms with Crippen molar-refractivity contribution in [2.24, 2.45) is 0 Å². The highest BCUT2D eigenvalue weighted by molar-refractivity contribution is 7.89. The molecule has 210 valence electrons. The maximum Gasteiger partial charge on any atom is 0.260 e. The van der Waals surface area contributed by atoms with Gasteiger partial charge in [0.15, 0.2) is 5.13 Å². The Morgan fingerprint density at radius 2 is 1.79 bits per heavy atom. The summed E-state index contributed by atoms with van der Waals surface area (Å²) in [5.74, 6) is -0.233. The number of rotatable bonds is 7. The number of halogens is 1. The van der Waals surface area contributed by atoms with Crippen LogP contribution in [0.4, 0.5) is 5.13 Å². The number of hydrogen-bond acceptors (Lipinski definition) is 8. The lowest BCUT2D eigenvalue weighted by molar-refractivity contribution is -0.0440. The number of carbonyl (C=O) groups excluding carboxylic acids is 1. The van der Waals surface area contributed by atoms with Gasteiger partial charge >= 0.3 is 0 Å². The number of carbonyl (C=O) groups is 1. The van der Waals surface area contributed by atoms with Crippen LogP contribution in [-0.4, -0.2) is 93.2 Å². The molecule has 0 saturated carbocycles. The number of amides is 1. The van der Waals surface area contributed by atoms with Crippen molar-refractivity contribution in [2.75, 3.05) is 57.4 Å². The number of ether oxygens (including phenoxy) is 2. The Hall–Kier alpha value is -2.12. The van der Waals surface area contributed by atoms with Gasteiger partial charge in [0.1, 0.15) is 0 Å². The zero-order valence-electron chi connectivity index (χ0n) is 22.3. The van der Waals surface area contributed by atoms with Crippen LogP contribution in [0.15, 0.2) is 41.3 Å². The Kier molecular flexibility index (Phi) is 8.58. The molecule has 2 atom stereocenters. The number of sulfonamides is 1. The monoisotopic (exact) mass is 592 g/mol. The summed E-state index contributed by atoms with van der Waals surface area (Å²) < 4.78 is 40.1. The Bertz CT molecular complexity index is 1430. The number of morpholine rings is 2. The van der Waals surface area contributed by atoms with Crippen molar-refractivity contribution >= 4 is 54.2 Å². The van der Waals surface area contributed by atoms with E-state index in [0.717, 1.165) is 28.9 Å². The van der Waals surface area contributed by atoms with Crippen molar-refractivity contribution in [1.29, 1.82) is 0 Å². The van der Waals surface area contributed by atoms with Crippen LogP contribution in [-0.2, 0) is 19.5 Å². The molecule has 1 amide bonds. The average molecular weight is 593 g/mol. The molecular weight excluding hydrogens is 560 g/mol. The van der Waals surface area contributed by atoms with Gasteiger partial charge in [-0.15, -0.1) is 0 Å². The van der Waals surface area contributed by atoms with Gasteiger partial charge in [0.25, 0.3) is 5.91 Å². The van der Waals surface area contributed by atoms with E-state index in [1.54, 1.807) is 17.0 Å². The molecule has 2 unspecified atom stereocenters. The van der Waals surface area contributed by atoms with E-state index in [0.29, 0.717) is 55.1 Å². The second-order valence-electron chi connectivity index (χ2n) is 10.1. The van der Waals surface area contributed by atoms with Crippen LogP contribution in [0.25, 0.3) is 10.2 Å². The highest BCUT2D eigenvalue weighted by Gasteiger charge is 2.32. The predicted molar refractivity (Wildman–Crippen MR) is 154 cm³/mol. The van der Waals surface area contributed by atoms with Crippen LogP contribution >= 0.6 is 22.9 Å². The van der Waals surface area contributed by atoms with Crippen LogP contribution < -0.4 is 4.90 Å². The van der Waals surface area contributed by atoms with Crippen molar-refractivity contribution in [3.8, 4) is 0 Å². The average Bonchev–Trinajstić information content (AvgIpc) is 3.33. The topological polar surface area (TPSA) is 92.3 Å². The van der Waals surface area contributed by atoms with Gasteiger partial charge in [-0.2, -0.15) is 4.31 Å². The first-order chi connectivity index (χ1) is 18.6. The third kappa shape index (κ3) is 6.30. The minimum atomic E-state index is -3.71. The summed E-state index contributed by atoms with van der Waals surface area (Å²) >= 11 is 7.70. The molecule has 9 nitrogen and oxygen atoms in total. The van der Waals surface area contributed by atoms with Gasteiger partial charge in [0.2, 0.25) is 10.0 Å². The minimum absolute atomic E-state index is 0.158. The van der Waals surface area contributed by atoms with Gasteiger partial charge in [0.05, 0.1) is 40.5 Å². The lowest BCUT2D eigenvalue weighted by atomic mass is 10.2. The van der Waals surface area contributed by atoms with E-state index in [2.05, 4.69) is 4.90 Å². The van der Waals surface area contributed by atoms with Crippen LogP contribution in [0.3, 0.4) is 0 Å². The van der Waals surface area contributed by atoms with E-state index in [4.69, 9.17) is 26.1 Å². The Morgan fingerprint density at radius 1 is 1.13 bits per heavy atom. The van der Waals surface area contributed by atoms with Gasteiger partial charge in [-0.05, 0) is 62.7 Å². The first-order valence-corrected chi connectivity index (χ1v) is 15.7. The second-order valence-corrected chi connectivity index (χ2v) is 13.5. The molecule has 39 heavy (non-hydrogen) atoms. The van der Waals surface area contributed by atoms with E-state index < -0.39 is 10.0 Å². The van der Waals surface area contributed by atoms with Crippen molar-refractivity contribution in [3.63, 3.8) is 0 Å². The summed E-state index contributed by atoms with van der Waals surface area (Å²) in [4.78, 5) is 22.7. The third-order valence-corrected chi connectivity index (χ3v) is 10.1. The quantitative estimate of drug-likeness (QED) is 0.409. The van der Waals surface area contributed by atoms with Crippen LogP contribution in [0.5, 0.6) is 0 Å². The number of benzene rings is 2.